The Morgan fingerprint density at radius 1 is 0.900 bits per heavy atom. The number of sulfonamides is 1. The summed E-state index contributed by atoms with van der Waals surface area (Å²) in [6.45, 7) is 8.90. The number of hydrogen-bond acceptors (Lipinski definition) is 7. The number of halogens is 1. The molecule has 0 aliphatic carbocycles. The summed E-state index contributed by atoms with van der Waals surface area (Å²) >= 11 is 6.59. The number of fused-ring (bicyclic) bond motifs is 1. The molecule has 0 radical (unpaired) electrons. The maximum atomic E-state index is 14.2. The molecule has 4 aromatic rings. The quantitative estimate of drug-likeness (QED) is 0.0858. The van der Waals surface area contributed by atoms with E-state index < -0.39 is 22.0 Å². The second-order valence-electron chi connectivity index (χ2n) is 13.1. The van der Waals surface area contributed by atoms with E-state index in [2.05, 4.69) is 29.2 Å². The molecule has 0 bridgehead atoms. The number of nitrogens with zero attached hydrogens (tertiary/aromatic N) is 6. The van der Waals surface area contributed by atoms with Gasteiger partial charge < -0.3 is 5.32 Å². The molecule has 11 nitrogen and oxygen atoms in total. The van der Waals surface area contributed by atoms with Gasteiger partial charge in [-0.2, -0.15) is 9.40 Å². The number of rotatable bonds is 21. The number of para-hydroxylation sites is 1. The molecule has 0 aliphatic rings. The molecule has 2 aromatic heterocycles. The van der Waals surface area contributed by atoms with E-state index >= 15 is 0 Å². The average molecular weight is 726 g/mol. The van der Waals surface area contributed by atoms with Crippen LogP contribution in [0.25, 0.3) is 10.9 Å². The van der Waals surface area contributed by atoms with Crippen LogP contribution >= 0.6 is 11.6 Å². The minimum absolute atomic E-state index is 0.0504. The molecule has 272 valence electrons. The zero-order chi connectivity index (χ0) is 36.1. The second kappa shape index (κ2) is 19.1. The third-order valence-electron chi connectivity index (χ3n) is 8.90. The highest BCUT2D eigenvalue weighted by molar-refractivity contribution is 7.89. The van der Waals surface area contributed by atoms with Gasteiger partial charge in [0.2, 0.25) is 10.0 Å². The maximum Gasteiger partial charge on any atom is 0.261 e. The average Bonchev–Trinajstić information content (AvgIpc) is 3.62. The highest BCUT2D eigenvalue weighted by Crippen LogP contribution is 2.30. The highest BCUT2D eigenvalue weighted by Gasteiger charge is 2.32. The molecule has 0 spiro atoms. The van der Waals surface area contributed by atoms with Crippen molar-refractivity contribution in [3.8, 4) is 0 Å². The lowest BCUT2D eigenvalue weighted by Gasteiger charge is -2.24. The lowest BCUT2D eigenvalue weighted by Crippen LogP contribution is -2.36. The van der Waals surface area contributed by atoms with Crippen LogP contribution in [0.3, 0.4) is 0 Å². The van der Waals surface area contributed by atoms with Gasteiger partial charge in [0, 0.05) is 19.1 Å². The van der Waals surface area contributed by atoms with Crippen LogP contribution in [0.15, 0.2) is 64.8 Å². The Bertz CT molecular complexity index is 1830. The molecule has 0 saturated heterocycles. The van der Waals surface area contributed by atoms with Gasteiger partial charge in [0.15, 0.2) is 6.04 Å². The molecule has 1 N–H and O–H groups in total. The Kier molecular flexibility index (Phi) is 15.0. The summed E-state index contributed by atoms with van der Waals surface area (Å²) in [7, 11) is -3.90. The van der Waals surface area contributed by atoms with Crippen LogP contribution in [0.4, 0.5) is 5.69 Å². The van der Waals surface area contributed by atoms with E-state index in [9.17, 15) is 18.0 Å². The van der Waals surface area contributed by atoms with E-state index in [1.807, 2.05) is 13.8 Å². The molecular weight excluding hydrogens is 674 g/mol. The van der Waals surface area contributed by atoms with Crippen molar-refractivity contribution >= 4 is 44.1 Å². The SMILES string of the molecule is CCCCCCCCN(CCCCCCCC)S(=O)(=O)c1ccc(Cl)c(NC(=O)C(c2nc3ccccc3c(=O)n2C(C)C)n2cncn2)c1. The zero-order valence-corrected chi connectivity index (χ0v) is 31.4. The van der Waals surface area contributed by atoms with Crippen LogP contribution in [0.2, 0.25) is 5.02 Å². The summed E-state index contributed by atoms with van der Waals surface area (Å²) in [6.07, 6.45) is 15.3. The van der Waals surface area contributed by atoms with Gasteiger partial charge in [-0.15, -0.1) is 0 Å². The fourth-order valence-electron chi connectivity index (χ4n) is 6.16. The molecule has 1 amide bonds. The van der Waals surface area contributed by atoms with Crippen molar-refractivity contribution in [1.29, 1.82) is 0 Å². The first-order chi connectivity index (χ1) is 24.1. The third-order valence-corrected chi connectivity index (χ3v) is 11.1. The third kappa shape index (κ3) is 10.0. The van der Waals surface area contributed by atoms with Gasteiger partial charge in [-0.05, 0) is 57.0 Å². The normalized spacial score (nSPS) is 12.6. The Morgan fingerprint density at radius 3 is 2.12 bits per heavy atom. The van der Waals surface area contributed by atoms with Gasteiger partial charge in [0.25, 0.3) is 11.5 Å². The van der Waals surface area contributed by atoms with Crippen LogP contribution in [-0.4, -0.2) is 56.0 Å². The smallest absolute Gasteiger partial charge is 0.261 e. The Morgan fingerprint density at radius 2 is 1.52 bits per heavy atom. The first-order valence-corrected chi connectivity index (χ1v) is 19.9. The zero-order valence-electron chi connectivity index (χ0n) is 29.9. The van der Waals surface area contributed by atoms with Crippen molar-refractivity contribution in [2.45, 2.75) is 122 Å². The molecule has 0 aliphatic heterocycles. The van der Waals surface area contributed by atoms with Crippen molar-refractivity contribution < 1.29 is 13.2 Å². The molecule has 50 heavy (non-hydrogen) atoms. The summed E-state index contributed by atoms with van der Waals surface area (Å²) in [5.74, 6) is -0.449. The van der Waals surface area contributed by atoms with Crippen LogP contribution in [0.1, 0.15) is 123 Å². The second-order valence-corrected chi connectivity index (χ2v) is 15.4. The van der Waals surface area contributed by atoms with E-state index in [0.717, 1.165) is 64.2 Å². The molecular formula is C37H52ClN7O4S. The molecule has 2 heterocycles. The fourth-order valence-corrected chi connectivity index (χ4v) is 7.87. The van der Waals surface area contributed by atoms with Gasteiger partial charge in [-0.25, -0.2) is 23.1 Å². The van der Waals surface area contributed by atoms with Crippen LogP contribution in [0, 0.1) is 0 Å². The minimum Gasteiger partial charge on any atom is -0.322 e. The molecule has 1 atom stereocenters. The van der Waals surface area contributed by atoms with Gasteiger partial charge in [0.05, 0.1) is 26.5 Å². The summed E-state index contributed by atoms with van der Waals surface area (Å²) < 4.78 is 32.7. The monoisotopic (exact) mass is 725 g/mol. The standard InChI is InChI=1S/C37H52ClN7O4S/c1-5-7-9-11-13-17-23-43(24-18-14-12-10-8-6-2)50(48,49)29-21-22-31(38)33(25-29)42-36(46)34(44-27-39-26-40-44)35-41-32-20-16-15-19-30(32)37(47)45(35)28(3)4/h15-16,19-22,25-28,34H,5-14,17-18,23-24H2,1-4H3,(H,42,46). The van der Waals surface area contributed by atoms with Crippen LogP contribution in [0.5, 0.6) is 0 Å². The van der Waals surface area contributed by atoms with Gasteiger partial charge >= 0.3 is 0 Å². The molecule has 0 fully saturated rings. The lowest BCUT2D eigenvalue weighted by atomic mass is 10.1. The highest BCUT2D eigenvalue weighted by atomic mass is 35.5. The number of carbonyl (C=O) groups excluding carboxylic acids is 1. The first-order valence-electron chi connectivity index (χ1n) is 18.1. The lowest BCUT2D eigenvalue weighted by molar-refractivity contribution is -0.118. The summed E-state index contributed by atoms with van der Waals surface area (Å²) in [5, 5.41) is 7.65. The van der Waals surface area contributed by atoms with Crippen molar-refractivity contribution in [3.05, 3.63) is 76.3 Å². The first kappa shape index (κ1) is 39.2. The van der Waals surface area contributed by atoms with Crippen LogP contribution < -0.4 is 10.9 Å². The van der Waals surface area contributed by atoms with Crippen LogP contribution in [-0.2, 0) is 14.8 Å². The fraction of sp³-hybridized carbons (Fsp3) is 0.541. The van der Waals surface area contributed by atoms with E-state index in [0.29, 0.717) is 24.0 Å². The number of aromatic nitrogens is 5. The Hall–Kier alpha value is -3.61. The molecule has 13 heteroatoms. The largest absolute Gasteiger partial charge is 0.322 e. The molecule has 2 aromatic carbocycles. The molecule has 4 rings (SSSR count). The topological polar surface area (TPSA) is 132 Å². The van der Waals surface area contributed by atoms with Crippen molar-refractivity contribution in [3.63, 3.8) is 0 Å². The summed E-state index contributed by atoms with van der Waals surface area (Å²) in [6, 6.07) is 9.78. The van der Waals surface area contributed by atoms with E-state index in [-0.39, 0.29) is 33.0 Å². The Balaban J connectivity index is 1.64. The maximum absolute atomic E-state index is 14.2. The Labute approximate surface area is 301 Å². The predicted octanol–water partition coefficient (Wildman–Crippen LogP) is 8.16. The number of amides is 1. The van der Waals surface area contributed by atoms with Crippen molar-refractivity contribution in [1.82, 2.24) is 28.6 Å². The number of carbonyl (C=O) groups is 1. The molecule has 0 saturated carbocycles. The number of benzene rings is 2. The van der Waals surface area contributed by atoms with Gasteiger partial charge in [-0.1, -0.05) is 102 Å². The minimum atomic E-state index is -3.90. The van der Waals surface area contributed by atoms with Gasteiger partial charge in [-0.3, -0.25) is 14.2 Å². The van der Waals surface area contributed by atoms with E-state index in [1.165, 1.54) is 52.9 Å². The predicted molar refractivity (Wildman–Crippen MR) is 200 cm³/mol. The number of unbranched alkanes of at least 4 members (excludes halogenated alkanes) is 10. The van der Waals surface area contributed by atoms with Crippen molar-refractivity contribution in [2.24, 2.45) is 0 Å². The number of nitrogens with one attached hydrogen (secondary N) is 1. The van der Waals surface area contributed by atoms with E-state index in [1.54, 1.807) is 28.6 Å². The van der Waals surface area contributed by atoms with Crippen molar-refractivity contribution in [2.75, 3.05) is 18.4 Å². The van der Waals surface area contributed by atoms with Gasteiger partial charge in [0.1, 0.15) is 18.5 Å². The van der Waals surface area contributed by atoms with E-state index in [4.69, 9.17) is 16.6 Å². The number of anilines is 1. The number of hydrogen-bond donors (Lipinski definition) is 1. The summed E-state index contributed by atoms with van der Waals surface area (Å²) in [4.78, 5) is 36.7. The molecule has 1 unspecified atom stereocenters. The summed E-state index contributed by atoms with van der Waals surface area (Å²) in [5.41, 5.74) is 0.269.